The van der Waals surface area contributed by atoms with Crippen molar-refractivity contribution in [3.05, 3.63) is 69.4 Å². The number of hydrogen-bond donors (Lipinski definition) is 2. The van der Waals surface area contributed by atoms with Gasteiger partial charge in [-0.25, -0.2) is 9.59 Å². The number of nitro benzene ring substituents is 1. The second-order valence-corrected chi connectivity index (χ2v) is 8.79. The van der Waals surface area contributed by atoms with E-state index in [2.05, 4.69) is 20.4 Å². The third-order valence-electron chi connectivity index (χ3n) is 6.56. The number of anilines is 1. The van der Waals surface area contributed by atoms with Crippen molar-refractivity contribution in [2.45, 2.75) is 13.0 Å². The fourth-order valence-corrected chi connectivity index (χ4v) is 4.71. The fraction of sp³-hybridized carbons (Fsp3) is 0.360. The number of hydrogen-bond acceptors (Lipinski definition) is 9. The van der Waals surface area contributed by atoms with Gasteiger partial charge in [0.05, 0.1) is 23.1 Å². The molecule has 2 aromatic rings. The number of esters is 1. The minimum Gasteiger partial charge on any atom is -0.463 e. The second kappa shape index (κ2) is 10.3. The summed E-state index contributed by atoms with van der Waals surface area (Å²) in [7, 11) is 0. The predicted molar refractivity (Wildman–Crippen MR) is 132 cm³/mol. The zero-order chi connectivity index (χ0) is 25.9. The summed E-state index contributed by atoms with van der Waals surface area (Å²) < 4.78 is 16.2. The highest BCUT2D eigenvalue weighted by Crippen LogP contribution is 2.37. The molecule has 3 aliphatic rings. The van der Waals surface area contributed by atoms with Crippen LogP contribution in [-0.2, 0) is 9.53 Å². The Morgan fingerprint density at radius 3 is 2.54 bits per heavy atom. The first-order valence-corrected chi connectivity index (χ1v) is 12.0. The minimum absolute atomic E-state index is 0.0551. The third-order valence-corrected chi connectivity index (χ3v) is 6.56. The minimum atomic E-state index is -0.710. The molecule has 2 N–H and O–H groups in total. The first-order valence-electron chi connectivity index (χ1n) is 12.0. The highest BCUT2D eigenvalue weighted by atomic mass is 16.7. The molecule has 0 unspecified atom stereocenters. The van der Waals surface area contributed by atoms with Gasteiger partial charge in [0, 0.05) is 56.2 Å². The van der Waals surface area contributed by atoms with Gasteiger partial charge in [-0.3, -0.25) is 15.0 Å². The molecule has 0 spiro atoms. The van der Waals surface area contributed by atoms with E-state index in [-0.39, 0.29) is 19.1 Å². The monoisotopic (exact) mass is 509 g/mol. The molecular formula is C25H27N5O7. The van der Waals surface area contributed by atoms with E-state index in [9.17, 15) is 19.7 Å². The number of non-ortho nitro benzene ring substituents is 1. The number of ether oxygens (including phenoxy) is 3. The highest BCUT2D eigenvalue weighted by Gasteiger charge is 2.35. The summed E-state index contributed by atoms with van der Waals surface area (Å²) in [6, 6.07) is 10.7. The number of nitrogens with zero attached hydrogens (tertiary/aromatic N) is 3. The Morgan fingerprint density at radius 1 is 1.11 bits per heavy atom. The van der Waals surface area contributed by atoms with Crippen molar-refractivity contribution in [1.82, 2.24) is 15.5 Å². The number of benzene rings is 2. The summed E-state index contributed by atoms with van der Waals surface area (Å²) >= 11 is 0. The van der Waals surface area contributed by atoms with E-state index in [0.717, 1.165) is 5.69 Å². The van der Waals surface area contributed by atoms with Crippen LogP contribution >= 0.6 is 0 Å². The summed E-state index contributed by atoms with van der Waals surface area (Å²) in [6.45, 7) is 5.15. The number of carbonyl (C=O) groups excluding carboxylic acids is 2. The SMILES string of the molecule is CCOC(=O)C1=C(CN2CCN(c3ccc([N+](=O)[O-])cc3)CC2)NC(=O)N[C@@H]1c1ccc2c(c1)OCO2. The van der Waals surface area contributed by atoms with E-state index in [0.29, 0.717) is 61.1 Å². The Balaban J connectivity index is 1.35. The molecule has 12 heteroatoms. The third kappa shape index (κ3) is 5.14. The molecule has 12 nitrogen and oxygen atoms in total. The molecule has 3 heterocycles. The lowest BCUT2D eigenvalue weighted by Gasteiger charge is -2.38. The van der Waals surface area contributed by atoms with Crippen molar-refractivity contribution in [2.24, 2.45) is 0 Å². The summed E-state index contributed by atoms with van der Waals surface area (Å²) in [6.07, 6.45) is 0. The van der Waals surface area contributed by atoms with Gasteiger partial charge in [0.15, 0.2) is 11.5 Å². The fourth-order valence-electron chi connectivity index (χ4n) is 4.71. The molecular weight excluding hydrogens is 482 g/mol. The Hall–Kier alpha value is -4.32. The Bertz CT molecular complexity index is 1240. The molecule has 194 valence electrons. The van der Waals surface area contributed by atoms with Gasteiger partial charge >= 0.3 is 12.0 Å². The molecule has 37 heavy (non-hydrogen) atoms. The van der Waals surface area contributed by atoms with Gasteiger partial charge in [-0.05, 0) is 36.8 Å². The van der Waals surface area contributed by atoms with Crippen LogP contribution in [0.1, 0.15) is 18.5 Å². The summed E-state index contributed by atoms with van der Waals surface area (Å²) in [5.74, 6) is 0.659. The number of nitro groups is 1. The van der Waals surface area contributed by atoms with Crippen LogP contribution < -0.4 is 25.0 Å². The van der Waals surface area contributed by atoms with Crippen molar-refractivity contribution >= 4 is 23.4 Å². The number of fused-ring (bicyclic) bond motifs is 1. The maximum Gasteiger partial charge on any atom is 0.338 e. The van der Waals surface area contributed by atoms with Gasteiger partial charge in [-0.2, -0.15) is 0 Å². The lowest BCUT2D eigenvalue weighted by atomic mass is 9.94. The van der Waals surface area contributed by atoms with E-state index < -0.39 is 23.0 Å². The van der Waals surface area contributed by atoms with Gasteiger partial charge in [0.1, 0.15) is 0 Å². The van der Waals surface area contributed by atoms with Crippen molar-refractivity contribution < 1.29 is 28.7 Å². The van der Waals surface area contributed by atoms with E-state index in [1.807, 2.05) is 0 Å². The molecule has 1 fully saturated rings. The number of rotatable bonds is 7. The first-order chi connectivity index (χ1) is 17.9. The van der Waals surface area contributed by atoms with Gasteiger partial charge in [-0.1, -0.05) is 6.07 Å². The van der Waals surface area contributed by atoms with E-state index in [1.165, 1.54) is 12.1 Å². The quantitative estimate of drug-likeness (QED) is 0.327. The largest absolute Gasteiger partial charge is 0.463 e. The second-order valence-electron chi connectivity index (χ2n) is 8.79. The maximum atomic E-state index is 13.1. The lowest BCUT2D eigenvalue weighted by molar-refractivity contribution is -0.384. The van der Waals surface area contributed by atoms with Crippen molar-refractivity contribution in [2.75, 3.05) is 51.0 Å². The Morgan fingerprint density at radius 2 is 1.84 bits per heavy atom. The molecule has 2 amide bonds. The van der Waals surface area contributed by atoms with Crippen LogP contribution in [0.4, 0.5) is 16.2 Å². The van der Waals surface area contributed by atoms with Gasteiger partial charge in [-0.15, -0.1) is 0 Å². The smallest absolute Gasteiger partial charge is 0.338 e. The number of urea groups is 1. The molecule has 2 aromatic carbocycles. The lowest BCUT2D eigenvalue weighted by Crippen LogP contribution is -2.51. The van der Waals surface area contributed by atoms with Crippen molar-refractivity contribution in [3.8, 4) is 11.5 Å². The van der Waals surface area contributed by atoms with Crippen molar-refractivity contribution in [1.29, 1.82) is 0 Å². The van der Waals surface area contributed by atoms with E-state index >= 15 is 0 Å². The van der Waals surface area contributed by atoms with Crippen molar-refractivity contribution in [3.63, 3.8) is 0 Å². The molecule has 5 rings (SSSR count). The molecule has 1 atom stereocenters. The maximum absolute atomic E-state index is 13.1. The average molecular weight is 510 g/mol. The van der Waals surface area contributed by atoms with Crippen LogP contribution in [-0.4, -0.2) is 67.9 Å². The molecule has 0 aliphatic carbocycles. The summed E-state index contributed by atoms with van der Waals surface area (Å²) in [5, 5.41) is 16.6. The average Bonchev–Trinajstić information content (AvgIpc) is 3.37. The summed E-state index contributed by atoms with van der Waals surface area (Å²) in [5.41, 5.74) is 2.49. The molecule has 0 radical (unpaired) electrons. The van der Waals surface area contributed by atoms with Gasteiger partial charge in [0.25, 0.3) is 5.69 Å². The summed E-state index contributed by atoms with van der Waals surface area (Å²) in [4.78, 5) is 40.5. The molecule has 3 aliphatic heterocycles. The zero-order valence-electron chi connectivity index (χ0n) is 20.3. The van der Waals surface area contributed by atoms with Crippen LogP contribution in [0.25, 0.3) is 0 Å². The predicted octanol–water partition coefficient (Wildman–Crippen LogP) is 2.32. The van der Waals surface area contributed by atoms with Crippen LogP contribution in [0, 0.1) is 10.1 Å². The number of carbonyl (C=O) groups is 2. The van der Waals surface area contributed by atoms with Crippen LogP contribution in [0.5, 0.6) is 11.5 Å². The van der Waals surface area contributed by atoms with Crippen LogP contribution in [0.15, 0.2) is 53.7 Å². The molecule has 0 saturated carbocycles. The van der Waals surface area contributed by atoms with Crippen LogP contribution in [0.3, 0.4) is 0 Å². The van der Waals surface area contributed by atoms with E-state index in [1.54, 1.807) is 37.3 Å². The van der Waals surface area contributed by atoms with Crippen LogP contribution in [0.2, 0.25) is 0 Å². The number of piperazine rings is 1. The standard InChI is InChI=1S/C25H27N5O7/c1-2-35-24(31)22-19(26-25(32)27-23(22)16-3-8-20-21(13-16)37-15-36-20)14-28-9-11-29(12-10-28)17-4-6-18(7-5-17)30(33)34/h3-8,13,23H,2,9-12,14-15H2,1H3,(H2,26,27,32)/t23-/m1/s1. The normalized spacial score (nSPS) is 19.3. The Kier molecular flexibility index (Phi) is 6.82. The van der Waals surface area contributed by atoms with Gasteiger partial charge in [0.2, 0.25) is 6.79 Å². The number of nitrogens with one attached hydrogen (secondary N) is 2. The first kappa shape index (κ1) is 24.4. The molecule has 1 saturated heterocycles. The van der Waals surface area contributed by atoms with E-state index in [4.69, 9.17) is 14.2 Å². The number of amides is 2. The highest BCUT2D eigenvalue weighted by molar-refractivity contribution is 5.95. The Labute approximate surface area is 212 Å². The molecule has 0 bridgehead atoms. The van der Waals surface area contributed by atoms with Gasteiger partial charge < -0.3 is 29.7 Å². The molecule has 0 aromatic heterocycles. The zero-order valence-corrected chi connectivity index (χ0v) is 20.3. The topological polar surface area (TPSA) is 136 Å².